The highest BCUT2D eigenvalue weighted by molar-refractivity contribution is 6.14. The Morgan fingerprint density at radius 2 is 1.74 bits per heavy atom. The molecule has 0 saturated heterocycles. The fourth-order valence-corrected chi connectivity index (χ4v) is 3.42. The highest BCUT2D eigenvalue weighted by atomic mass is 16.5. The molecule has 2 aromatic carbocycles. The third kappa shape index (κ3) is 4.73. The lowest BCUT2D eigenvalue weighted by Gasteiger charge is -2.26. The summed E-state index contributed by atoms with van der Waals surface area (Å²) in [5.74, 6) is -2.20. The smallest absolute Gasteiger partial charge is 0.337 e. The highest BCUT2D eigenvalue weighted by Crippen LogP contribution is 2.38. The van der Waals surface area contributed by atoms with Crippen LogP contribution in [0.1, 0.15) is 27.5 Å². The van der Waals surface area contributed by atoms with Gasteiger partial charge >= 0.3 is 5.97 Å². The minimum atomic E-state index is -0.803. The van der Waals surface area contributed by atoms with Crippen LogP contribution in [0.5, 0.6) is 0 Å². The van der Waals surface area contributed by atoms with E-state index in [1.807, 2.05) is 30.3 Å². The van der Waals surface area contributed by atoms with Crippen molar-refractivity contribution in [2.75, 3.05) is 27.4 Å². The van der Waals surface area contributed by atoms with E-state index in [-0.39, 0.29) is 18.7 Å². The number of hydrogen-bond acceptors (Lipinski definition) is 6. The Morgan fingerprint density at radius 1 is 1.06 bits per heavy atom. The van der Waals surface area contributed by atoms with Crippen molar-refractivity contribution in [2.24, 2.45) is 0 Å². The zero-order valence-corrected chi connectivity index (χ0v) is 17.3. The van der Waals surface area contributed by atoms with Crippen molar-refractivity contribution in [3.63, 3.8) is 0 Å². The first kappa shape index (κ1) is 22.0. The zero-order valence-electron chi connectivity index (χ0n) is 17.3. The predicted octanol–water partition coefficient (Wildman–Crippen LogP) is 3.10. The molecule has 1 atom stereocenters. The third-order valence-corrected chi connectivity index (χ3v) is 4.98. The number of aliphatic hydroxyl groups excluding tert-OH is 1. The molecule has 0 saturated carbocycles. The van der Waals surface area contributed by atoms with Gasteiger partial charge in [-0.25, -0.2) is 4.79 Å². The largest absolute Gasteiger partial charge is 0.503 e. The molecule has 1 amide bonds. The van der Waals surface area contributed by atoms with Crippen molar-refractivity contribution in [3.8, 4) is 0 Å². The summed E-state index contributed by atoms with van der Waals surface area (Å²) in [6, 6.07) is 14.8. The summed E-state index contributed by atoms with van der Waals surface area (Å²) in [6.07, 6.45) is 2.96. The van der Waals surface area contributed by atoms with Gasteiger partial charge in [0.1, 0.15) is 0 Å². The number of benzene rings is 2. The van der Waals surface area contributed by atoms with Gasteiger partial charge in [-0.1, -0.05) is 48.5 Å². The Kier molecular flexibility index (Phi) is 6.99. The van der Waals surface area contributed by atoms with Crippen LogP contribution in [0.3, 0.4) is 0 Å². The van der Waals surface area contributed by atoms with Crippen molar-refractivity contribution >= 4 is 23.7 Å². The van der Waals surface area contributed by atoms with Crippen molar-refractivity contribution in [3.05, 3.63) is 88.7 Å². The van der Waals surface area contributed by atoms with Crippen molar-refractivity contribution < 1.29 is 29.0 Å². The van der Waals surface area contributed by atoms with E-state index in [1.54, 1.807) is 30.3 Å². The number of carbonyl (C=O) groups excluding carboxylic acids is 3. The van der Waals surface area contributed by atoms with E-state index in [9.17, 15) is 19.5 Å². The number of hydrogen-bond donors (Lipinski definition) is 1. The summed E-state index contributed by atoms with van der Waals surface area (Å²) in [4.78, 5) is 38.8. The molecule has 1 N–H and O–H groups in total. The minimum absolute atomic E-state index is 0.0147. The maximum atomic E-state index is 13.0. The average molecular weight is 421 g/mol. The van der Waals surface area contributed by atoms with Gasteiger partial charge in [-0.3, -0.25) is 9.59 Å². The fraction of sp³-hybridized carbons (Fsp3) is 0.208. The number of amides is 1. The number of carbonyl (C=O) groups is 3. The topological polar surface area (TPSA) is 93.1 Å². The monoisotopic (exact) mass is 421 g/mol. The van der Waals surface area contributed by atoms with Gasteiger partial charge in [0, 0.05) is 13.7 Å². The van der Waals surface area contributed by atoms with Gasteiger partial charge in [-0.2, -0.15) is 0 Å². The van der Waals surface area contributed by atoms with Crippen LogP contribution in [0, 0.1) is 0 Å². The molecule has 3 rings (SSSR count). The Bertz CT molecular complexity index is 1020. The number of rotatable bonds is 8. The first-order valence-electron chi connectivity index (χ1n) is 9.66. The van der Waals surface area contributed by atoms with E-state index in [2.05, 4.69) is 0 Å². The van der Waals surface area contributed by atoms with Crippen LogP contribution in [0.2, 0.25) is 0 Å². The summed E-state index contributed by atoms with van der Waals surface area (Å²) in [5, 5.41) is 10.5. The summed E-state index contributed by atoms with van der Waals surface area (Å²) >= 11 is 0. The van der Waals surface area contributed by atoms with Gasteiger partial charge < -0.3 is 19.5 Å². The van der Waals surface area contributed by atoms with Crippen LogP contribution >= 0.6 is 0 Å². The molecule has 1 heterocycles. The molecule has 0 bridgehead atoms. The average Bonchev–Trinajstić information content (AvgIpc) is 3.06. The molecule has 31 heavy (non-hydrogen) atoms. The number of methoxy groups -OCH3 is 2. The standard InChI is InChI=1S/C24H23NO6/c1-30-15-14-25-21(17-9-11-18(12-10-17)24(29)31-2)20(22(27)23(25)28)19(26)13-8-16-6-4-3-5-7-16/h3-13,21,27H,14-15H2,1-2H3/b13-8+. The molecule has 0 aromatic heterocycles. The molecule has 0 spiro atoms. The molecule has 1 aliphatic heterocycles. The first-order valence-corrected chi connectivity index (χ1v) is 9.66. The second-order valence-corrected chi connectivity index (χ2v) is 6.88. The summed E-state index contributed by atoms with van der Waals surface area (Å²) < 4.78 is 9.79. The van der Waals surface area contributed by atoms with Crippen LogP contribution in [0.4, 0.5) is 0 Å². The number of nitrogens with zero attached hydrogens (tertiary/aromatic N) is 1. The lowest BCUT2D eigenvalue weighted by atomic mass is 9.95. The maximum Gasteiger partial charge on any atom is 0.337 e. The molecule has 0 fully saturated rings. The van der Waals surface area contributed by atoms with Gasteiger partial charge in [-0.05, 0) is 29.3 Å². The van der Waals surface area contributed by atoms with Crippen LogP contribution < -0.4 is 0 Å². The Morgan fingerprint density at radius 3 is 2.35 bits per heavy atom. The number of ketones is 1. The van der Waals surface area contributed by atoms with Crippen molar-refractivity contribution in [2.45, 2.75) is 6.04 Å². The lowest BCUT2D eigenvalue weighted by Crippen LogP contribution is -2.33. The van der Waals surface area contributed by atoms with Gasteiger partial charge in [0.15, 0.2) is 11.5 Å². The first-order chi connectivity index (χ1) is 15.0. The van der Waals surface area contributed by atoms with Crippen LogP contribution in [-0.4, -0.2) is 55.0 Å². The van der Waals surface area contributed by atoms with Crippen molar-refractivity contribution in [1.29, 1.82) is 0 Å². The van der Waals surface area contributed by atoms with Crippen LogP contribution in [0.15, 0.2) is 72.0 Å². The normalized spacial score (nSPS) is 16.3. The van der Waals surface area contributed by atoms with Gasteiger partial charge in [0.05, 0.1) is 30.9 Å². The molecule has 7 nitrogen and oxygen atoms in total. The summed E-state index contributed by atoms with van der Waals surface area (Å²) in [5.41, 5.74) is 1.72. The molecule has 0 radical (unpaired) electrons. The molecular formula is C24H23NO6. The Balaban J connectivity index is 1.97. The van der Waals surface area contributed by atoms with E-state index in [0.717, 1.165) is 5.56 Å². The molecule has 1 aliphatic rings. The Labute approximate surface area is 180 Å². The van der Waals surface area contributed by atoms with Gasteiger partial charge in [0.2, 0.25) is 0 Å². The lowest BCUT2D eigenvalue weighted by molar-refractivity contribution is -0.130. The third-order valence-electron chi connectivity index (χ3n) is 4.98. The zero-order chi connectivity index (χ0) is 22.4. The minimum Gasteiger partial charge on any atom is -0.503 e. The van der Waals surface area contributed by atoms with E-state index in [0.29, 0.717) is 11.1 Å². The van der Waals surface area contributed by atoms with Crippen molar-refractivity contribution in [1.82, 2.24) is 4.90 Å². The van der Waals surface area contributed by atoms with Crippen LogP contribution in [0.25, 0.3) is 6.08 Å². The summed E-state index contributed by atoms with van der Waals surface area (Å²) in [6.45, 7) is 0.416. The molecule has 0 aliphatic carbocycles. The van der Waals surface area contributed by atoms with E-state index in [4.69, 9.17) is 9.47 Å². The van der Waals surface area contributed by atoms with E-state index >= 15 is 0 Å². The number of ether oxygens (including phenoxy) is 2. The quantitative estimate of drug-likeness (QED) is 0.520. The number of esters is 1. The fourth-order valence-electron chi connectivity index (χ4n) is 3.42. The second-order valence-electron chi connectivity index (χ2n) is 6.88. The molecule has 7 heteroatoms. The SMILES string of the molecule is COCCN1C(=O)C(O)=C(C(=O)/C=C/c2ccccc2)C1c1ccc(C(=O)OC)cc1. The molecule has 1 unspecified atom stereocenters. The number of aliphatic hydroxyl groups is 1. The highest BCUT2D eigenvalue weighted by Gasteiger charge is 2.42. The van der Waals surface area contributed by atoms with E-state index in [1.165, 1.54) is 25.2 Å². The molecule has 2 aromatic rings. The maximum absolute atomic E-state index is 13.0. The molecule has 160 valence electrons. The van der Waals surface area contributed by atoms with E-state index < -0.39 is 29.5 Å². The van der Waals surface area contributed by atoms with Crippen LogP contribution in [-0.2, 0) is 19.1 Å². The predicted molar refractivity (Wildman–Crippen MR) is 114 cm³/mol. The summed E-state index contributed by atoms with van der Waals surface area (Å²) in [7, 11) is 2.79. The Hall–Kier alpha value is -3.71. The second kappa shape index (κ2) is 9.86. The molecular weight excluding hydrogens is 398 g/mol. The number of allylic oxidation sites excluding steroid dienone is 1. The van der Waals surface area contributed by atoms with Gasteiger partial charge in [-0.15, -0.1) is 0 Å². The van der Waals surface area contributed by atoms with Gasteiger partial charge in [0.25, 0.3) is 5.91 Å².